The van der Waals surface area contributed by atoms with Crippen molar-refractivity contribution < 1.29 is 9.90 Å². The zero-order valence-corrected chi connectivity index (χ0v) is 11.9. The van der Waals surface area contributed by atoms with E-state index in [1.165, 1.54) is 5.57 Å². The Labute approximate surface area is 114 Å². The van der Waals surface area contributed by atoms with Crippen LogP contribution in [0, 0.1) is 0 Å². The highest BCUT2D eigenvalue weighted by Gasteiger charge is 2.32. The lowest BCUT2D eigenvalue weighted by molar-refractivity contribution is 0.0697. The summed E-state index contributed by atoms with van der Waals surface area (Å²) < 4.78 is 0. The topological polar surface area (TPSA) is 49.3 Å². The van der Waals surface area contributed by atoms with Crippen molar-refractivity contribution in [2.45, 2.75) is 45.2 Å². The van der Waals surface area contributed by atoms with Gasteiger partial charge in [0.25, 0.3) is 0 Å². The highest BCUT2D eigenvalue weighted by molar-refractivity contribution is 5.88. The van der Waals surface area contributed by atoms with E-state index in [0.29, 0.717) is 5.56 Å². The molecule has 0 atom stereocenters. The van der Waals surface area contributed by atoms with E-state index < -0.39 is 5.97 Å². The Morgan fingerprint density at radius 2 is 1.74 bits per heavy atom. The van der Waals surface area contributed by atoms with E-state index in [1.807, 2.05) is 12.1 Å². The molecule has 3 heteroatoms. The third-order valence-electron chi connectivity index (χ3n) is 3.33. The second kappa shape index (κ2) is 4.49. The molecule has 0 aromatic heterocycles. The average molecular weight is 259 g/mol. The number of rotatable bonds is 2. The summed E-state index contributed by atoms with van der Waals surface area (Å²) in [6.07, 6.45) is 3.16. The molecule has 19 heavy (non-hydrogen) atoms. The van der Waals surface area contributed by atoms with Crippen molar-refractivity contribution in [1.82, 2.24) is 5.32 Å². The van der Waals surface area contributed by atoms with Gasteiger partial charge in [-0.25, -0.2) is 4.79 Å². The van der Waals surface area contributed by atoms with Gasteiger partial charge in [-0.3, -0.25) is 0 Å². The van der Waals surface area contributed by atoms with Crippen molar-refractivity contribution in [2.75, 3.05) is 0 Å². The van der Waals surface area contributed by atoms with E-state index in [-0.39, 0.29) is 11.1 Å². The van der Waals surface area contributed by atoms with Gasteiger partial charge in [-0.1, -0.05) is 18.2 Å². The highest BCUT2D eigenvalue weighted by atomic mass is 16.4. The largest absolute Gasteiger partial charge is 0.478 e. The zero-order valence-electron chi connectivity index (χ0n) is 11.9. The number of carboxylic acid groups (broad SMARTS) is 1. The normalized spacial score (nSPS) is 20.7. The van der Waals surface area contributed by atoms with Gasteiger partial charge in [-0.05, 0) is 57.4 Å². The molecule has 1 aliphatic rings. The quantitative estimate of drug-likeness (QED) is 0.856. The maximum absolute atomic E-state index is 10.9. The molecule has 0 amide bonds. The number of hydrogen-bond acceptors (Lipinski definition) is 2. The molecule has 0 saturated heterocycles. The van der Waals surface area contributed by atoms with Crippen LogP contribution >= 0.6 is 0 Å². The van der Waals surface area contributed by atoms with Crippen LogP contribution in [0.2, 0.25) is 0 Å². The van der Waals surface area contributed by atoms with Crippen LogP contribution in [0.1, 0.15) is 50.0 Å². The van der Waals surface area contributed by atoms with E-state index in [1.54, 1.807) is 12.1 Å². The van der Waals surface area contributed by atoms with E-state index >= 15 is 0 Å². The van der Waals surface area contributed by atoms with Gasteiger partial charge in [0.15, 0.2) is 0 Å². The molecule has 0 unspecified atom stereocenters. The molecule has 2 rings (SSSR count). The summed E-state index contributed by atoms with van der Waals surface area (Å²) in [6, 6.07) is 7.13. The van der Waals surface area contributed by atoms with Crippen LogP contribution in [0.4, 0.5) is 0 Å². The van der Waals surface area contributed by atoms with Crippen molar-refractivity contribution in [2.24, 2.45) is 0 Å². The molecule has 0 fully saturated rings. The molecule has 0 radical (unpaired) electrons. The third-order valence-corrected chi connectivity index (χ3v) is 3.33. The third kappa shape index (κ3) is 3.24. The van der Waals surface area contributed by atoms with E-state index in [9.17, 15) is 4.79 Å². The van der Waals surface area contributed by atoms with Gasteiger partial charge in [-0.2, -0.15) is 0 Å². The summed E-state index contributed by atoms with van der Waals surface area (Å²) >= 11 is 0. The lowest BCUT2D eigenvalue weighted by Gasteiger charge is -2.41. The van der Waals surface area contributed by atoms with Gasteiger partial charge >= 0.3 is 5.97 Å². The molecule has 2 N–H and O–H groups in total. The Balaban J connectivity index is 2.35. The molecule has 1 aromatic rings. The van der Waals surface area contributed by atoms with Gasteiger partial charge in [-0.15, -0.1) is 0 Å². The van der Waals surface area contributed by atoms with Crippen LogP contribution < -0.4 is 5.32 Å². The van der Waals surface area contributed by atoms with Crippen LogP contribution in [0.3, 0.4) is 0 Å². The van der Waals surface area contributed by atoms with Crippen LogP contribution in [0.25, 0.3) is 5.57 Å². The fourth-order valence-corrected chi connectivity index (χ4v) is 2.93. The van der Waals surface area contributed by atoms with Gasteiger partial charge < -0.3 is 10.4 Å². The Kier molecular flexibility index (Phi) is 3.27. The number of hydrogen-bond donors (Lipinski definition) is 2. The molecule has 0 saturated carbocycles. The summed E-state index contributed by atoms with van der Waals surface area (Å²) in [5.74, 6) is -0.883. The van der Waals surface area contributed by atoms with Crippen molar-refractivity contribution in [3.8, 4) is 0 Å². The number of carboxylic acids is 1. The Morgan fingerprint density at radius 1 is 1.16 bits per heavy atom. The van der Waals surface area contributed by atoms with Crippen LogP contribution in [0.5, 0.6) is 0 Å². The van der Waals surface area contributed by atoms with Crippen molar-refractivity contribution >= 4 is 11.5 Å². The summed E-state index contributed by atoms with van der Waals surface area (Å²) in [5, 5.41) is 12.5. The average Bonchev–Trinajstić information content (AvgIpc) is 2.25. The standard InChI is InChI=1S/C16H21NO2/c1-15(2)9-13(10-16(3,4)17-15)11-5-7-12(8-6-11)14(18)19/h5-9,17H,10H2,1-4H3,(H,18,19). The van der Waals surface area contributed by atoms with Gasteiger partial charge in [0.2, 0.25) is 0 Å². The molecular formula is C16H21NO2. The van der Waals surface area contributed by atoms with Gasteiger partial charge in [0, 0.05) is 11.1 Å². The van der Waals surface area contributed by atoms with Crippen LogP contribution in [0.15, 0.2) is 30.3 Å². The lowest BCUT2D eigenvalue weighted by atomic mass is 9.81. The summed E-state index contributed by atoms with van der Waals surface area (Å²) in [5.41, 5.74) is 2.69. The minimum absolute atomic E-state index is 0.0407. The predicted octanol–water partition coefficient (Wildman–Crippen LogP) is 3.32. The van der Waals surface area contributed by atoms with E-state index in [2.05, 4.69) is 39.1 Å². The minimum Gasteiger partial charge on any atom is -0.478 e. The Hall–Kier alpha value is -1.61. The number of benzene rings is 1. The molecule has 3 nitrogen and oxygen atoms in total. The first kappa shape index (κ1) is 13.8. The molecule has 0 bridgehead atoms. The smallest absolute Gasteiger partial charge is 0.335 e. The maximum atomic E-state index is 10.9. The first-order valence-corrected chi connectivity index (χ1v) is 6.53. The maximum Gasteiger partial charge on any atom is 0.335 e. The summed E-state index contributed by atoms with van der Waals surface area (Å²) in [4.78, 5) is 10.9. The molecule has 1 aromatic carbocycles. The monoisotopic (exact) mass is 259 g/mol. The summed E-state index contributed by atoms with van der Waals surface area (Å²) in [7, 11) is 0. The first-order chi connectivity index (χ1) is 8.69. The van der Waals surface area contributed by atoms with Crippen LogP contribution in [-0.4, -0.2) is 22.2 Å². The van der Waals surface area contributed by atoms with Gasteiger partial charge in [0.1, 0.15) is 0 Å². The zero-order chi connectivity index (χ0) is 14.3. The second-order valence-electron chi connectivity index (χ2n) is 6.46. The van der Waals surface area contributed by atoms with Crippen LogP contribution in [-0.2, 0) is 0 Å². The van der Waals surface area contributed by atoms with Crippen molar-refractivity contribution in [3.05, 3.63) is 41.5 Å². The Bertz CT molecular complexity index is 524. The minimum atomic E-state index is -0.883. The second-order valence-corrected chi connectivity index (χ2v) is 6.46. The fourth-order valence-electron chi connectivity index (χ4n) is 2.93. The molecular weight excluding hydrogens is 238 g/mol. The molecule has 1 heterocycles. The van der Waals surface area contributed by atoms with E-state index in [0.717, 1.165) is 12.0 Å². The number of aromatic carboxylic acids is 1. The molecule has 1 aliphatic heterocycles. The fraction of sp³-hybridized carbons (Fsp3) is 0.438. The number of nitrogens with one attached hydrogen (secondary N) is 1. The first-order valence-electron chi connectivity index (χ1n) is 6.53. The molecule has 0 aliphatic carbocycles. The molecule has 0 spiro atoms. The summed E-state index contributed by atoms with van der Waals surface area (Å²) in [6.45, 7) is 8.68. The van der Waals surface area contributed by atoms with Gasteiger partial charge in [0.05, 0.1) is 5.56 Å². The van der Waals surface area contributed by atoms with E-state index in [4.69, 9.17) is 5.11 Å². The predicted molar refractivity (Wildman–Crippen MR) is 77.3 cm³/mol. The molecule has 102 valence electrons. The SMILES string of the molecule is CC1(C)C=C(c2ccc(C(=O)O)cc2)CC(C)(C)N1. The Morgan fingerprint density at radius 3 is 2.21 bits per heavy atom. The van der Waals surface area contributed by atoms with Crippen molar-refractivity contribution in [1.29, 1.82) is 0 Å². The number of carbonyl (C=O) groups is 1. The van der Waals surface area contributed by atoms with Crippen molar-refractivity contribution in [3.63, 3.8) is 0 Å². The highest BCUT2D eigenvalue weighted by Crippen LogP contribution is 2.33. The lowest BCUT2D eigenvalue weighted by Crippen LogP contribution is -2.53.